The van der Waals surface area contributed by atoms with E-state index in [-0.39, 0.29) is 11.2 Å². The highest BCUT2D eigenvalue weighted by Gasteiger charge is 2.42. The van der Waals surface area contributed by atoms with Gasteiger partial charge in [-0.15, -0.1) is 0 Å². The molecule has 17 heavy (non-hydrogen) atoms. The third-order valence-corrected chi connectivity index (χ3v) is 4.04. The minimum Gasteiger partial charge on any atom is -0.353 e. The van der Waals surface area contributed by atoms with Crippen LogP contribution in [-0.2, 0) is 13.0 Å². The average Bonchev–Trinajstić information content (AvgIpc) is 2.90. The molecule has 0 N–H and O–H groups in total. The first-order valence-corrected chi connectivity index (χ1v) is 6.31. The van der Waals surface area contributed by atoms with Crippen molar-refractivity contribution in [3.05, 3.63) is 23.5 Å². The average molecular weight is 228 g/mol. The highest BCUT2D eigenvalue weighted by atomic mass is 16.1. The molecule has 0 bridgehead atoms. The van der Waals surface area contributed by atoms with Crippen LogP contribution in [0, 0.1) is 16.7 Å². The topological polar surface area (TPSA) is 45.8 Å². The first-order chi connectivity index (χ1) is 8.22. The van der Waals surface area contributed by atoms with E-state index in [9.17, 15) is 4.79 Å². The maximum absolute atomic E-state index is 11.7. The molecule has 1 aromatic heterocycles. The predicted octanol–water partition coefficient (Wildman–Crippen LogP) is 2.70. The number of nitrogens with zero attached hydrogens (tertiary/aromatic N) is 2. The molecule has 0 unspecified atom stereocenters. The van der Waals surface area contributed by atoms with Crippen LogP contribution in [0.1, 0.15) is 48.0 Å². The molecule has 1 heterocycles. The van der Waals surface area contributed by atoms with E-state index in [2.05, 4.69) is 16.8 Å². The zero-order chi connectivity index (χ0) is 11.9. The fourth-order valence-corrected chi connectivity index (χ4v) is 2.79. The maximum Gasteiger partial charge on any atom is 0.164 e. The number of Topliss-reactive ketones (excluding diaryl/α,β-unsaturated/α-hetero) is 1. The Morgan fingerprint density at radius 3 is 2.82 bits per heavy atom. The van der Waals surface area contributed by atoms with Gasteiger partial charge in [0.05, 0.1) is 6.07 Å². The van der Waals surface area contributed by atoms with Crippen molar-refractivity contribution in [1.82, 2.24) is 4.57 Å². The summed E-state index contributed by atoms with van der Waals surface area (Å²) in [5, 5.41) is 8.81. The third kappa shape index (κ3) is 1.88. The smallest absolute Gasteiger partial charge is 0.164 e. The van der Waals surface area contributed by atoms with Crippen LogP contribution in [0.15, 0.2) is 12.4 Å². The van der Waals surface area contributed by atoms with Crippen LogP contribution >= 0.6 is 0 Å². The summed E-state index contributed by atoms with van der Waals surface area (Å²) in [4.78, 5) is 11.7. The van der Waals surface area contributed by atoms with Crippen molar-refractivity contribution >= 4 is 5.78 Å². The van der Waals surface area contributed by atoms with Crippen molar-refractivity contribution in [3.63, 3.8) is 0 Å². The first kappa shape index (κ1) is 10.6. The molecule has 0 saturated heterocycles. The first-order valence-electron chi connectivity index (χ1n) is 6.31. The Morgan fingerprint density at radius 1 is 1.35 bits per heavy atom. The van der Waals surface area contributed by atoms with Gasteiger partial charge < -0.3 is 4.57 Å². The van der Waals surface area contributed by atoms with Crippen molar-refractivity contribution < 1.29 is 4.79 Å². The Morgan fingerprint density at radius 2 is 2.18 bits per heavy atom. The Bertz CT molecular complexity index is 503. The number of rotatable bonds is 3. The number of fused-ring (bicyclic) bond motifs is 1. The number of hydrogen-bond acceptors (Lipinski definition) is 2. The van der Waals surface area contributed by atoms with Crippen LogP contribution in [0.2, 0.25) is 0 Å². The molecule has 88 valence electrons. The van der Waals surface area contributed by atoms with Crippen molar-refractivity contribution in [2.24, 2.45) is 5.41 Å². The van der Waals surface area contributed by atoms with Crippen LogP contribution < -0.4 is 0 Å². The lowest BCUT2D eigenvalue weighted by molar-refractivity contribution is 0.0973. The van der Waals surface area contributed by atoms with Gasteiger partial charge in [0.15, 0.2) is 5.78 Å². The second-order valence-corrected chi connectivity index (χ2v) is 5.48. The zero-order valence-corrected chi connectivity index (χ0v) is 9.91. The standard InChI is InChI=1S/C14H16N2O/c15-7-6-14(4-5-14)10-16-8-11-2-1-3-13(17)12(11)9-16/h8-9H,1-6,10H2. The predicted molar refractivity (Wildman–Crippen MR) is 63.6 cm³/mol. The van der Waals surface area contributed by atoms with E-state index in [1.165, 1.54) is 5.56 Å². The largest absolute Gasteiger partial charge is 0.353 e. The van der Waals surface area contributed by atoms with Gasteiger partial charge in [0.1, 0.15) is 0 Å². The molecule has 3 nitrogen and oxygen atoms in total. The van der Waals surface area contributed by atoms with E-state index in [0.29, 0.717) is 12.8 Å². The lowest BCUT2D eigenvalue weighted by Crippen LogP contribution is -2.09. The molecular formula is C14H16N2O. The zero-order valence-electron chi connectivity index (χ0n) is 9.91. The highest BCUT2D eigenvalue weighted by molar-refractivity contribution is 5.98. The van der Waals surface area contributed by atoms with Gasteiger partial charge in [-0.1, -0.05) is 0 Å². The van der Waals surface area contributed by atoms with E-state index < -0.39 is 0 Å². The molecule has 0 radical (unpaired) electrons. The summed E-state index contributed by atoms with van der Waals surface area (Å²) < 4.78 is 2.14. The summed E-state index contributed by atoms with van der Waals surface area (Å²) >= 11 is 0. The molecule has 3 heteroatoms. The summed E-state index contributed by atoms with van der Waals surface area (Å²) in [5.74, 6) is 0.287. The lowest BCUT2D eigenvalue weighted by atomic mass is 9.95. The van der Waals surface area contributed by atoms with Crippen molar-refractivity contribution in [3.8, 4) is 6.07 Å². The summed E-state index contributed by atoms with van der Waals surface area (Å²) in [6, 6.07) is 2.28. The van der Waals surface area contributed by atoms with Crippen LogP contribution in [0.4, 0.5) is 0 Å². The fourth-order valence-electron chi connectivity index (χ4n) is 2.79. The number of aryl methyl sites for hydroxylation is 1. The van der Waals surface area contributed by atoms with Crippen molar-refractivity contribution in [2.45, 2.75) is 45.1 Å². The van der Waals surface area contributed by atoms with Gasteiger partial charge in [-0.05, 0) is 31.2 Å². The van der Waals surface area contributed by atoms with Crippen LogP contribution in [0.25, 0.3) is 0 Å². The van der Waals surface area contributed by atoms with Gasteiger partial charge in [-0.25, -0.2) is 0 Å². The monoisotopic (exact) mass is 228 g/mol. The number of carbonyl (C=O) groups excluding carboxylic acids is 1. The van der Waals surface area contributed by atoms with E-state index >= 15 is 0 Å². The Hall–Kier alpha value is -1.56. The summed E-state index contributed by atoms with van der Waals surface area (Å²) in [7, 11) is 0. The van der Waals surface area contributed by atoms with Crippen LogP contribution in [-0.4, -0.2) is 10.4 Å². The molecule has 2 aliphatic carbocycles. The van der Waals surface area contributed by atoms with E-state index in [4.69, 9.17) is 5.26 Å². The molecule has 2 aliphatic rings. The van der Waals surface area contributed by atoms with Crippen molar-refractivity contribution in [1.29, 1.82) is 5.26 Å². The highest BCUT2D eigenvalue weighted by Crippen LogP contribution is 2.50. The minimum absolute atomic E-state index is 0.208. The van der Waals surface area contributed by atoms with Gasteiger partial charge in [-0.3, -0.25) is 4.79 Å². The molecule has 1 fully saturated rings. The van der Waals surface area contributed by atoms with E-state index in [1.807, 2.05) is 6.20 Å². The second kappa shape index (κ2) is 3.73. The maximum atomic E-state index is 11.7. The summed E-state index contributed by atoms with van der Waals surface area (Å²) in [5.41, 5.74) is 2.33. The molecule has 1 aromatic rings. The van der Waals surface area contributed by atoms with Gasteiger partial charge in [-0.2, -0.15) is 5.26 Å². The molecule has 1 saturated carbocycles. The molecule has 0 aromatic carbocycles. The van der Waals surface area contributed by atoms with Gasteiger partial charge in [0.2, 0.25) is 0 Å². The minimum atomic E-state index is 0.208. The molecule has 0 amide bonds. The normalized spacial score (nSPS) is 20.8. The van der Waals surface area contributed by atoms with Crippen molar-refractivity contribution in [2.75, 3.05) is 0 Å². The van der Waals surface area contributed by atoms with Gasteiger partial charge in [0, 0.05) is 42.8 Å². The number of carbonyl (C=O) groups is 1. The van der Waals surface area contributed by atoms with Crippen LogP contribution in [0.5, 0.6) is 0 Å². The number of ketones is 1. The molecule has 3 rings (SSSR count). The number of nitriles is 1. The molecule has 0 atom stereocenters. The van der Waals surface area contributed by atoms with Gasteiger partial charge in [0.25, 0.3) is 0 Å². The summed E-state index contributed by atoms with van der Waals surface area (Å²) in [6.07, 6.45) is 9.76. The Labute approximate surface area is 101 Å². The van der Waals surface area contributed by atoms with E-state index in [0.717, 1.165) is 37.8 Å². The Balaban J connectivity index is 1.81. The molecule has 0 spiro atoms. The third-order valence-electron chi connectivity index (χ3n) is 4.04. The second-order valence-electron chi connectivity index (χ2n) is 5.48. The van der Waals surface area contributed by atoms with Gasteiger partial charge >= 0.3 is 0 Å². The number of aromatic nitrogens is 1. The molecule has 0 aliphatic heterocycles. The lowest BCUT2D eigenvalue weighted by Gasteiger charge is -2.11. The summed E-state index contributed by atoms with van der Waals surface area (Å²) in [6.45, 7) is 0.904. The van der Waals surface area contributed by atoms with E-state index in [1.54, 1.807) is 0 Å². The fraction of sp³-hybridized carbons (Fsp3) is 0.571. The SMILES string of the molecule is N#CCC1(Cn2cc3c(c2)C(=O)CCC3)CC1. The Kier molecular flexibility index (Phi) is 2.32. The quantitative estimate of drug-likeness (QED) is 0.798. The van der Waals surface area contributed by atoms with Crippen LogP contribution in [0.3, 0.4) is 0 Å². The number of hydrogen-bond donors (Lipinski definition) is 0. The molecular weight excluding hydrogens is 212 g/mol.